The molecule has 1 atom stereocenters. The fraction of sp³-hybridized carbons (Fsp3) is 0.538. The van der Waals surface area contributed by atoms with E-state index in [2.05, 4.69) is 0 Å². The van der Waals surface area contributed by atoms with Gasteiger partial charge in [0.05, 0.1) is 5.60 Å². The van der Waals surface area contributed by atoms with Gasteiger partial charge in [-0.15, -0.1) is 0 Å². The monoisotopic (exact) mass is 223 g/mol. The van der Waals surface area contributed by atoms with E-state index >= 15 is 0 Å². The van der Waals surface area contributed by atoms with Crippen LogP contribution in [0.2, 0.25) is 0 Å². The number of halogens is 1. The number of ether oxygens (including phenoxy) is 1. The van der Waals surface area contributed by atoms with Crippen LogP contribution in [0, 0.1) is 5.82 Å². The summed E-state index contributed by atoms with van der Waals surface area (Å²) < 4.78 is 18.3. The quantitative estimate of drug-likeness (QED) is 0.851. The highest BCUT2D eigenvalue weighted by Gasteiger charge is 2.38. The molecular formula is C13H18FNO. The molecule has 2 N–H and O–H groups in total. The SMILES string of the molecule is COC1(CC(N)c2ccc(F)cc2)CCC1. The summed E-state index contributed by atoms with van der Waals surface area (Å²) in [5.74, 6) is -0.221. The third-order valence-electron chi connectivity index (χ3n) is 3.59. The van der Waals surface area contributed by atoms with Gasteiger partial charge in [0.2, 0.25) is 0 Å². The van der Waals surface area contributed by atoms with Crippen molar-refractivity contribution in [2.75, 3.05) is 7.11 Å². The normalized spacial score (nSPS) is 20.2. The lowest BCUT2D eigenvalue weighted by molar-refractivity contribution is -0.0816. The second kappa shape index (κ2) is 4.52. The van der Waals surface area contributed by atoms with Gasteiger partial charge in [0.1, 0.15) is 5.82 Å². The van der Waals surface area contributed by atoms with Crippen molar-refractivity contribution >= 4 is 0 Å². The summed E-state index contributed by atoms with van der Waals surface area (Å²) in [6, 6.07) is 6.34. The number of benzene rings is 1. The predicted octanol–water partition coefficient (Wildman–Crippen LogP) is 2.78. The molecule has 0 saturated heterocycles. The average Bonchev–Trinajstić information content (AvgIpc) is 2.24. The summed E-state index contributed by atoms with van der Waals surface area (Å²) in [5.41, 5.74) is 7.06. The maximum absolute atomic E-state index is 12.8. The summed E-state index contributed by atoms with van der Waals surface area (Å²) in [6.45, 7) is 0. The molecule has 1 unspecified atom stereocenters. The molecular weight excluding hydrogens is 205 g/mol. The maximum Gasteiger partial charge on any atom is 0.123 e. The van der Waals surface area contributed by atoms with E-state index in [1.54, 1.807) is 19.2 Å². The standard InChI is InChI=1S/C13H18FNO/c1-16-13(7-2-8-13)9-12(15)10-3-5-11(14)6-4-10/h3-6,12H,2,7-9,15H2,1H3. The lowest BCUT2D eigenvalue weighted by Crippen LogP contribution is -2.41. The van der Waals surface area contributed by atoms with Crippen LogP contribution in [0.5, 0.6) is 0 Å². The summed E-state index contributed by atoms with van der Waals surface area (Å²) in [7, 11) is 1.75. The van der Waals surface area contributed by atoms with E-state index in [0.717, 1.165) is 24.8 Å². The summed E-state index contributed by atoms with van der Waals surface area (Å²) in [4.78, 5) is 0. The van der Waals surface area contributed by atoms with Crippen LogP contribution in [0.15, 0.2) is 24.3 Å². The third-order valence-corrected chi connectivity index (χ3v) is 3.59. The van der Waals surface area contributed by atoms with Crippen LogP contribution in [0.4, 0.5) is 4.39 Å². The number of methoxy groups -OCH3 is 1. The molecule has 16 heavy (non-hydrogen) atoms. The van der Waals surface area contributed by atoms with E-state index in [1.807, 2.05) is 0 Å². The molecule has 0 bridgehead atoms. The van der Waals surface area contributed by atoms with E-state index < -0.39 is 0 Å². The minimum absolute atomic E-state index is 0.0339. The maximum atomic E-state index is 12.8. The van der Waals surface area contributed by atoms with Gasteiger partial charge < -0.3 is 10.5 Å². The van der Waals surface area contributed by atoms with Crippen molar-refractivity contribution in [3.8, 4) is 0 Å². The fourth-order valence-electron chi connectivity index (χ4n) is 2.29. The van der Waals surface area contributed by atoms with Crippen molar-refractivity contribution in [1.82, 2.24) is 0 Å². The first-order chi connectivity index (χ1) is 7.65. The van der Waals surface area contributed by atoms with Crippen molar-refractivity contribution in [2.45, 2.75) is 37.3 Å². The molecule has 1 saturated carbocycles. The molecule has 1 aromatic rings. The molecule has 0 amide bonds. The Bertz CT molecular complexity index is 340. The van der Waals surface area contributed by atoms with Gasteiger partial charge in [-0.05, 0) is 43.4 Å². The zero-order valence-corrected chi connectivity index (χ0v) is 9.58. The van der Waals surface area contributed by atoms with Crippen LogP contribution in [-0.4, -0.2) is 12.7 Å². The third kappa shape index (κ3) is 2.25. The molecule has 0 aromatic heterocycles. The van der Waals surface area contributed by atoms with Crippen molar-refractivity contribution in [1.29, 1.82) is 0 Å². The summed E-state index contributed by atoms with van der Waals surface area (Å²) in [5, 5.41) is 0. The molecule has 88 valence electrons. The Labute approximate surface area is 95.6 Å². The summed E-state index contributed by atoms with van der Waals surface area (Å²) in [6.07, 6.45) is 4.19. The molecule has 0 heterocycles. The van der Waals surface area contributed by atoms with Crippen LogP contribution in [0.1, 0.15) is 37.3 Å². The van der Waals surface area contributed by atoms with Crippen LogP contribution < -0.4 is 5.73 Å². The summed E-state index contributed by atoms with van der Waals surface area (Å²) >= 11 is 0. The molecule has 2 nitrogen and oxygen atoms in total. The van der Waals surface area contributed by atoms with Gasteiger partial charge in [-0.3, -0.25) is 0 Å². The Morgan fingerprint density at radius 3 is 2.44 bits per heavy atom. The van der Waals surface area contributed by atoms with Gasteiger partial charge in [-0.1, -0.05) is 12.1 Å². The first-order valence-electron chi connectivity index (χ1n) is 5.71. The van der Waals surface area contributed by atoms with Gasteiger partial charge in [0.25, 0.3) is 0 Å². The number of rotatable bonds is 4. The first-order valence-corrected chi connectivity index (χ1v) is 5.71. The molecule has 0 radical (unpaired) electrons. The second-order valence-corrected chi connectivity index (χ2v) is 4.60. The van der Waals surface area contributed by atoms with Crippen molar-refractivity contribution in [2.24, 2.45) is 5.73 Å². The first kappa shape index (κ1) is 11.6. The number of hydrogen-bond donors (Lipinski definition) is 1. The molecule has 2 rings (SSSR count). The van der Waals surface area contributed by atoms with Gasteiger partial charge in [0.15, 0.2) is 0 Å². The van der Waals surface area contributed by atoms with Crippen LogP contribution in [0.3, 0.4) is 0 Å². The smallest absolute Gasteiger partial charge is 0.123 e. The second-order valence-electron chi connectivity index (χ2n) is 4.60. The van der Waals surface area contributed by atoms with E-state index in [-0.39, 0.29) is 17.5 Å². The van der Waals surface area contributed by atoms with Crippen molar-refractivity contribution in [3.05, 3.63) is 35.6 Å². The molecule has 1 fully saturated rings. The Kier molecular flexibility index (Phi) is 3.26. The highest BCUT2D eigenvalue weighted by atomic mass is 19.1. The Balaban J connectivity index is 2.02. The van der Waals surface area contributed by atoms with E-state index in [9.17, 15) is 4.39 Å². The molecule has 1 aromatic carbocycles. The van der Waals surface area contributed by atoms with Crippen LogP contribution in [0.25, 0.3) is 0 Å². The van der Waals surface area contributed by atoms with E-state index in [4.69, 9.17) is 10.5 Å². The molecule has 3 heteroatoms. The number of nitrogens with two attached hydrogens (primary N) is 1. The topological polar surface area (TPSA) is 35.2 Å². The Hall–Kier alpha value is -0.930. The fourth-order valence-corrected chi connectivity index (χ4v) is 2.29. The largest absolute Gasteiger partial charge is 0.378 e. The van der Waals surface area contributed by atoms with Crippen molar-refractivity contribution < 1.29 is 9.13 Å². The lowest BCUT2D eigenvalue weighted by atomic mass is 9.75. The van der Waals surface area contributed by atoms with Gasteiger partial charge >= 0.3 is 0 Å². The Morgan fingerprint density at radius 2 is 2.00 bits per heavy atom. The van der Waals surface area contributed by atoms with Crippen LogP contribution in [-0.2, 0) is 4.74 Å². The zero-order chi connectivity index (χ0) is 11.6. The van der Waals surface area contributed by atoms with Gasteiger partial charge in [-0.2, -0.15) is 0 Å². The minimum atomic E-state index is -0.221. The van der Waals surface area contributed by atoms with E-state index in [0.29, 0.717) is 0 Å². The van der Waals surface area contributed by atoms with Crippen LogP contribution >= 0.6 is 0 Å². The highest BCUT2D eigenvalue weighted by Crippen LogP contribution is 2.41. The lowest BCUT2D eigenvalue weighted by Gasteiger charge is -2.42. The number of hydrogen-bond acceptors (Lipinski definition) is 2. The van der Waals surface area contributed by atoms with Gasteiger partial charge in [0, 0.05) is 13.2 Å². The molecule has 1 aliphatic carbocycles. The van der Waals surface area contributed by atoms with E-state index in [1.165, 1.54) is 18.6 Å². The molecule has 0 aliphatic heterocycles. The van der Waals surface area contributed by atoms with Crippen molar-refractivity contribution in [3.63, 3.8) is 0 Å². The average molecular weight is 223 g/mol. The molecule has 0 spiro atoms. The minimum Gasteiger partial charge on any atom is -0.378 e. The predicted molar refractivity (Wildman–Crippen MR) is 61.5 cm³/mol. The van der Waals surface area contributed by atoms with Gasteiger partial charge in [-0.25, -0.2) is 4.39 Å². The zero-order valence-electron chi connectivity index (χ0n) is 9.58. The molecule has 1 aliphatic rings. The Morgan fingerprint density at radius 1 is 1.38 bits per heavy atom. The highest BCUT2D eigenvalue weighted by molar-refractivity contribution is 5.20.